The smallest absolute Gasteiger partial charge is 0.300 e. The first kappa shape index (κ1) is 19.7. The van der Waals surface area contributed by atoms with E-state index in [4.69, 9.17) is 4.42 Å². The number of anilines is 1. The lowest BCUT2D eigenvalue weighted by atomic mass is 9.97. The molecule has 1 saturated heterocycles. The van der Waals surface area contributed by atoms with Gasteiger partial charge in [0.1, 0.15) is 23.3 Å². The number of aryl methyl sites for hydroxylation is 4. The number of hydrogen-bond donors (Lipinski definition) is 1. The van der Waals surface area contributed by atoms with Gasteiger partial charge in [-0.3, -0.25) is 14.5 Å². The molecule has 5 heteroatoms. The molecule has 0 bridgehead atoms. The second-order valence-corrected chi connectivity index (χ2v) is 7.70. The average Bonchev–Trinajstić information content (AvgIpc) is 3.25. The van der Waals surface area contributed by atoms with Crippen LogP contribution in [0.1, 0.15) is 39.8 Å². The van der Waals surface area contributed by atoms with E-state index in [1.807, 2.05) is 51.1 Å². The molecule has 3 aromatic rings. The number of benzene rings is 2. The number of carbonyl (C=O) groups is 2. The van der Waals surface area contributed by atoms with Crippen LogP contribution in [0.2, 0.25) is 0 Å². The standard InChI is InChI=1S/C25H23NO4/c1-14-9-11-18(13-16(14)3)23(27)21-22(20-12-10-17(4)30-20)26(25(29)24(21)28)19-8-6-5-7-15(19)2/h5-13,22,27H,1-4H3/b23-21-. The molecule has 0 radical (unpaired) electrons. The number of carbonyl (C=O) groups excluding carboxylic acids is 2. The summed E-state index contributed by atoms with van der Waals surface area (Å²) in [6.07, 6.45) is 0. The number of hydrogen-bond acceptors (Lipinski definition) is 4. The first-order valence-corrected chi connectivity index (χ1v) is 9.80. The number of nitrogens with zero attached hydrogens (tertiary/aromatic N) is 1. The van der Waals surface area contributed by atoms with E-state index in [1.54, 1.807) is 31.2 Å². The highest BCUT2D eigenvalue weighted by molar-refractivity contribution is 6.51. The molecule has 1 fully saturated rings. The minimum absolute atomic E-state index is 0.0286. The van der Waals surface area contributed by atoms with Crippen molar-refractivity contribution >= 4 is 23.1 Å². The van der Waals surface area contributed by atoms with Crippen LogP contribution in [0.25, 0.3) is 5.76 Å². The maximum Gasteiger partial charge on any atom is 0.300 e. The lowest BCUT2D eigenvalue weighted by Gasteiger charge is -2.25. The van der Waals surface area contributed by atoms with Crippen molar-refractivity contribution in [3.05, 3.63) is 93.9 Å². The van der Waals surface area contributed by atoms with Gasteiger partial charge in [0.25, 0.3) is 11.7 Å². The molecule has 1 aromatic heterocycles. The normalized spacial score (nSPS) is 18.3. The number of aliphatic hydroxyl groups is 1. The number of para-hydroxylation sites is 1. The van der Waals surface area contributed by atoms with Crippen LogP contribution in [-0.2, 0) is 9.59 Å². The third-order valence-electron chi connectivity index (χ3n) is 5.63. The van der Waals surface area contributed by atoms with Gasteiger partial charge in [0.15, 0.2) is 0 Å². The molecule has 0 spiro atoms. The largest absolute Gasteiger partial charge is 0.507 e. The van der Waals surface area contributed by atoms with Crippen LogP contribution in [-0.4, -0.2) is 16.8 Å². The zero-order chi connectivity index (χ0) is 21.6. The van der Waals surface area contributed by atoms with E-state index >= 15 is 0 Å². The molecule has 1 atom stereocenters. The summed E-state index contributed by atoms with van der Waals surface area (Å²) in [6, 6.07) is 15.5. The predicted molar refractivity (Wildman–Crippen MR) is 115 cm³/mol. The maximum absolute atomic E-state index is 13.1. The second-order valence-electron chi connectivity index (χ2n) is 7.70. The highest BCUT2D eigenvalue weighted by Crippen LogP contribution is 2.43. The fourth-order valence-electron chi connectivity index (χ4n) is 3.83. The van der Waals surface area contributed by atoms with Gasteiger partial charge in [0.05, 0.1) is 5.57 Å². The van der Waals surface area contributed by atoms with Gasteiger partial charge in [0, 0.05) is 11.3 Å². The Labute approximate surface area is 175 Å². The Morgan fingerprint density at radius 2 is 1.63 bits per heavy atom. The van der Waals surface area contributed by atoms with Crippen molar-refractivity contribution < 1.29 is 19.1 Å². The second kappa shape index (κ2) is 7.34. The molecule has 152 valence electrons. The van der Waals surface area contributed by atoms with E-state index < -0.39 is 17.7 Å². The highest BCUT2D eigenvalue weighted by Gasteiger charge is 2.48. The van der Waals surface area contributed by atoms with Crippen LogP contribution in [0.5, 0.6) is 0 Å². The van der Waals surface area contributed by atoms with Crippen LogP contribution >= 0.6 is 0 Å². The summed E-state index contributed by atoms with van der Waals surface area (Å²) in [5.74, 6) is -0.528. The van der Waals surface area contributed by atoms with E-state index in [2.05, 4.69) is 0 Å². The molecular formula is C25H23NO4. The molecule has 1 aliphatic rings. The van der Waals surface area contributed by atoms with Crippen molar-refractivity contribution in [3.8, 4) is 0 Å². The quantitative estimate of drug-likeness (QED) is 0.375. The third kappa shape index (κ3) is 3.12. The lowest BCUT2D eigenvalue weighted by Crippen LogP contribution is -2.29. The fourth-order valence-corrected chi connectivity index (χ4v) is 3.83. The number of Topliss-reactive ketones (excluding diaryl/α,β-unsaturated/α-hetero) is 1. The van der Waals surface area contributed by atoms with Gasteiger partial charge in [-0.1, -0.05) is 30.3 Å². The number of rotatable bonds is 3. The van der Waals surface area contributed by atoms with Gasteiger partial charge >= 0.3 is 0 Å². The molecule has 4 rings (SSSR count). The molecule has 1 amide bonds. The van der Waals surface area contributed by atoms with Crippen molar-refractivity contribution in [1.82, 2.24) is 0 Å². The van der Waals surface area contributed by atoms with E-state index in [0.29, 0.717) is 22.8 Å². The minimum Gasteiger partial charge on any atom is -0.507 e. The van der Waals surface area contributed by atoms with Crippen LogP contribution in [0.4, 0.5) is 5.69 Å². The molecule has 30 heavy (non-hydrogen) atoms. The van der Waals surface area contributed by atoms with Gasteiger partial charge in [-0.2, -0.15) is 0 Å². The number of furan rings is 1. The summed E-state index contributed by atoms with van der Waals surface area (Å²) in [6.45, 7) is 7.59. The van der Waals surface area contributed by atoms with Crippen molar-refractivity contribution in [2.45, 2.75) is 33.7 Å². The topological polar surface area (TPSA) is 70.8 Å². The van der Waals surface area contributed by atoms with Crippen LogP contribution in [0.15, 0.2) is 64.6 Å². The zero-order valence-corrected chi connectivity index (χ0v) is 17.4. The summed E-state index contributed by atoms with van der Waals surface area (Å²) in [7, 11) is 0. The highest BCUT2D eigenvalue weighted by atomic mass is 16.3. The Hall–Kier alpha value is -3.60. The zero-order valence-electron chi connectivity index (χ0n) is 17.4. The molecular weight excluding hydrogens is 378 g/mol. The van der Waals surface area contributed by atoms with Crippen molar-refractivity contribution in [2.24, 2.45) is 0 Å². The van der Waals surface area contributed by atoms with E-state index in [1.165, 1.54) is 4.90 Å². The lowest BCUT2D eigenvalue weighted by molar-refractivity contribution is -0.132. The van der Waals surface area contributed by atoms with Crippen LogP contribution < -0.4 is 4.90 Å². The summed E-state index contributed by atoms with van der Waals surface area (Å²) in [5.41, 5.74) is 4.04. The molecule has 0 aliphatic carbocycles. The van der Waals surface area contributed by atoms with E-state index in [9.17, 15) is 14.7 Å². The van der Waals surface area contributed by atoms with Gasteiger partial charge in [-0.25, -0.2) is 0 Å². The summed E-state index contributed by atoms with van der Waals surface area (Å²) in [5, 5.41) is 11.1. The molecule has 2 aromatic carbocycles. The Morgan fingerprint density at radius 1 is 0.900 bits per heavy atom. The summed E-state index contributed by atoms with van der Waals surface area (Å²) in [4.78, 5) is 27.6. The Balaban J connectivity index is 1.97. The van der Waals surface area contributed by atoms with E-state index in [0.717, 1.165) is 16.7 Å². The van der Waals surface area contributed by atoms with Gasteiger partial charge in [-0.05, 0) is 68.7 Å². The fraction of sp³-hybridized carbons (Fsp3) is 0.200. The third-order valence-corrected chi connectivity index (χ3v) is 5.63. The minimum atomic E-state index is -0.846. The Bertz CT molecular complexity index is 1200. The van der Waals surface area contributed by atoms with Gasteiger partial charge in [-0.15, -0.1) is 0 Å². The van der Waals surface area contributed by atoms with Crippen LogP contribution in [0, 0.1) is 27.7 Å². The SMILES string of the molecule is Cc1ccc(C2/C(=C(/O)c3ccc(C)c(C)c3)C(=O)C(=O)N2c2ccccc2C)o1. The molecule has 1 unspecified atom stereocenters. The molecule has 1 aliphatic heterocycles. The summed E-state index contributed by atoms with van der Waals surface area (Å²) >= 11 is 0. The van der Waals surface area contributed by atoms with E-state index in [-0.39, 0.29) is 11.3 Å². The summed E-state index contributed by atoms with van der Waals surface area (Å²) < 4.78 is 5.82. The monoisotopic (exact) mass is 401 g/mol. The van der Waals surface area contributed by atoms with Crippen molar-refractivity contribution in [2.75, 3.05) is 4.90 Å². The molecule has 2 heterocycles. The Kier molecular flexibility index (Phi) is 4.82. The first-order valence-electron chi connectivity index (χ1n) is 9.80. The first-order chi connectivity index (χ1) is 14.3. The Morgan fingerprint density at radius 3 is 2.27 bits per heavy atom. The molecule has 5 nitrogen and oxygen atoms in total. The number of ketones is 1. The van der Waals surface area contributed by atoms with Crippen molar-refractivity contribution in [1.29, 1.82) is 0 Å². The number of aliphatic hydroxyl groups excluding tert-OH is 1. The maximum atomic E-state index is 13.1. The predicted octanol–water partition coefficient (Wildman–Crippen LogP) is 5.14. The van der Waals surface area contributed by atoms with Crippen LogP contribution in [0.3, 0.4) is 0 Å². The van der Waals surface area contributed by atoms with Gasteiger partial charge in [0.2, 0.25) is 0 Å². The van der Waals surface area contributed by atoms with Crippen molar-refractivity contribution in [3.63, 3.8) is 0 Å². The average molecular weight is 401 g/mol. The van der Waals surface area contributed by atoms with Gasteiger partial charge < -0.3 is 9.52 Å². The molecule has 0 saturated carbocycles. The number of amides is 1. The molecule has 1 N–H and O–H groups in total.